The second kappa shape index (κ2) is 11.0. The number of ketones is 1. The van der Waals surface area contributed by atoms with Gasteiger partial charge in [-0.25, -0.2) is 4.79 Å². The minimum atomic E-state index is -2.64. The van der Waals surface area contributed by atoms with Gasteiger partial charge in [0.05, 0.1) is 0 Å². The molecule has 1 aliphatic carbocycles. The maximum Gasteiger partial charge on any atom is 0.364 e. The number of allylic oxidation sites excluding steroid dienone is 2. The minimum absolute atomic E-state index is 0.0670. The normalized spacial score (nSPS) is 21.3. The van der Waals surface area contributed by atoms with Crippen LogP contribution >= 0.6 is 0 Å². The van der Waals surface area contributed by atoms with Crippen LogP contribution < -0.4 is 0 Å². The highest BCUT2D eigenvalue weighted by Crippen LogP contribution is 2.34. The molecule has 0 saturated heterocycles. The van der Waals surface area contributed by atoms with Crippen LogP contribution in [0.2, 0.25) is 0 Å². The lowest BCUT2D eigenvalue weighted by molar-refractivity contribution is -0.205. The molecule has 0 heterocycles. The van der Waals surface area contributed by atoms with Crippen LogP contribution in [0.4, 0.5) is 0 Å². The van der Waals surface area contributed by atoms with Gasteiger partial charge in [-0.05, 0) is 49.9 Å². The van der Waals surface area contributed by atoms with E-state index in [9.17, 15) is 19.8 Å². The highest BCUT2D eigenvalue weighted by Gasteiger charge is 2.33. The number of Topliss-reactive ketones (excluding diaryl/α,β-unsaturated/α-hetero) is 1. The molecule has 0 radical (unpaired) electrons. The first-order valence-corrected chi connectivity index (χ1v) is 10.5. The van der Waals surface area contributed by atoms with Crippen molar-refractivity contribution < 1.29 is 24.9 Å². The molecule has 1 rings (SSSR count). The van der Waals surface area contributed by atoms with Crippen LogP contribution in [-0.2, 0) is 9.59 Å². The number of hydrogen-bond donors (Lipinski definition) is 3. The molecule has 1 aliphatic rings. The monoisotopic (exact) mass is 382 g/mol. The van der Waals surface area contributed by atoms with Gasteiger partial charge in [-0.3, -0.25) is 4.79 Å². The van der Waals surface area contributed by atoms with Crippen LogP contribution in [0.15, 0.2) is 12.2 Å². The number of carbonyl (C=O) groups excluding carboxylic acids is 1. The van der Waals surface area contributed by atoms with Gasteiger partial charge < -0.3 is 15.3 Å². The molecule has 27 heavy (non-hydrogen) atoms. The summed E-state index contributed by atoms with van der Waals surface area (Å²) in [4.78, 5) is 22.8. The number of hydrogen-bond acceptors (Lipinski definition) is 4. The van der Waals surface area contributed by atoms with Gasteiger partial charge in [0.1, 0.15) is 5.78 Å². The molecule has 156 valence electrons. The summed E-state index contributed by atoms with van der Waals surface area (Å²) in [6, 6.07) is 0. The van der Waals surface area contributed by atoms with Gasteiger partial charge in [0.25, 0.3) is 5.79 Å². The van der Waals surface area contributed by atoms with E-state index in [-0.39, 0.29) is 12.3 Å². The van der Waals surface area contributed by atoms with Crippen LogP contribution in [0.5, 0.6) is 0 Å². The first-order chi connectivity index (χ1) is 12.6. The Labute approximate surface area is 163 Å². The van der Waals surface area contributed by atoms with Crippen molar-refractivity contribution in [2.45, 2.75) is 97.2 Å². The lowest BCUT2D eigenvalue weighted by atomic mass is 9.83. The number of rotatable bonds is 13. The topological polar surface area (TPSA) is 94.8 Å². The third-order valence-corrected chi connectivity index (χ3v) is 5.84. The summed E-state index contributed by atoms with van der Waals surface area (Å²) in [6.45, 7) is 6.84. The summed E-state index contributed by atoms with van der Waals surface area (Å²) in [5, 5.41) is 27.3. The molecule has 1 saturated carbocycles. The Kier molecular flexibility index (Phi) is 9.68. The van der Waals surface area contributed by atoms with Gasteiger partial charge in [-0.2, -0.15) is 0 Å². The number of unbranched alkanes of at least 4 members (excludes halogenated alkanes) is 2. The van der Waals surface area contributed by atoms with Gasteiger partial charge in [0.2, 0.25) is 0 Å². The summed E-state index contributed by atoms with van der Waals surface area (Å²) in [6.07, 6.45) is 13.2. The van der Waals surface area contributed by atoms with E-state index in [4.69, 9.17) is 5.11 Å². The average molecular weight is 383 g/mol. The largest absolute Gasteiger partial charge is 0.477 e. The fourth-order valence-corrected chi connectivity index (χ4v) is 4.11. The molecule has 0 spiro atoms. The standard InChI is InChI=1S/C22H38O5/c1-4-14-21(2,3)15-9-7-10-17-12-13-19(23)18(17)11-6-5-8-16-22(26,27)20(24)25/h7,10,17-18,26-27H,4-6,8-9,11-16H2,1-3H3,(H,24,25)/b10-7+/t17-,18+/m0/s1. The Bertz CT molecular complexity index is 507. The fourth-order valence-electron chi connectivity index (χ4n) is 4.11. The first kappa shape index (κ1) is 23.8. The summed E-state index contributed by atoms with van der Waals surface area (Å²) < 4.78 is 0. The van der Waals surface area contributed by atoms with E-state index in [1.807, 2.05) is 0 Å². The number of aliphatic hydroxyl groups is 2. The molecule has 0 bridgehead atoms. The van der Waals surface area contributed by atoms with Crippen molar-refractivity contribution in [2.24, 2.45) is 17.3 Å². The Morgan fingerprint density at radius 2 is 1.85 bits per heavy atom. The number of aliphatic carboxylic acids is 1. The molecular formula is C22H38O5. The fraction of sp³-hybridized carbons (Fsp3) is 0.818. The molecule has 0 amide bonds. The lowest BCUT2D eigenvalue weighted by Gasteiger charge is -2.23. The summed E-state index contributed by atoms with van der Waals surface area (Å²) in [7, 11) is 0. The lowest BCUT2D eigenvalue weighted by Crippen LogP contribution is -2.37. The second-order valence-corrected chi connectivity index (χ2v) is 8.88. The Morgan fingerprint density at radius 1 is 1.15 bits per heavy atom. The van der Waals surface area contributed by atoms with E-state index in [2.05, 4.69) is 32.9 Å². The van der Waals surface area contributed by atoms with E-state index in [0.29, 0.717) is 36.4 Å². The van der Waals surface area contributed by atoms with Gasteiger partial charge in [-0.15, -0.1) is 0 Å². The zero-order chi connectivity index (χ0) is 20.5. The number of carboxylic acids is 1. The smallest absolute Gasteiger partial charge is 0.364 e. The predicted molar refractivity (Wildman–Crippen MR) is 106 cm³/mol. The third-order valence-electron chi connectivity index (χ3n) is 5.84. The summed E-state index contributed by atoms with van der Waals surface area (Å²) in [5.74, 6) is -3.53. The van der Waals surface area contributed by atoms with Gasteiger partial charge in [-0.1, -0.05) is 52.2 Å². The van der Waals surface area contributed by atoms with Crippen molar-refractivity contribution in [1.29, 1.82) is 0 Å². The van der Waals surface area contributed by atoms with Crippen molar-refractivity contribution in [3.8, 4) is 0 Å². The second-order valence-electron chi connectivity index (χ2n) is 8.88. The van der Waals surface area contributed by atoms with Gasteiger partial charge in [0, 0.05) is 18.8 Å². The van der Waals surface area contributed by atoms with Crippen LogP contribution in [0.1, 0.15) is 91.4 Å². The van der Waals surface area contributed by atoms with Gasteiger partial charge >= 0.3 is 5.97 Å². The zero-order valence-electron chi connectivity index (χ0n) is 17.2. The number of carboxylic acid groups (broad SMARTS) is 1. The predicted octanol–water partition coefficient (Wildman–Crippen LogP) is 4.46. The summed E-state index contributed by atoms with van der Waals surface area (Å²) in [5.41, 5.74) is 0.370. The van der Waals surface area contributed by atoms with Crippen LogP contribution in [0.3, 0.4) is 0 Å². The SMILES string of the molecule is CCCC(C)(C)CC/C=C/[C@H]1CCC(=O)[C@@H]1CCCCCC(O)(O)C(=O)O. The van der Waals surface area contributed by atoms with Crippen LogP contribution in [-0.4, -0.2) is 32.9 Å². The van der Waals surface area contributed by atoms with Gasteiger partial charge in [0.15, 0.2) is 0 Å². The molecule has 0 aromatic carbocycles. The highest BCUT2D eigenvalue weighted by atomic mass is 16.5. The van der Waals surface area contributed by atoms with Crippen LogP contribution in [0, 0.1) is 17.3 Å². The molecule has 3 N–H and O–H groups in total. The molecule has 1 fully saturated rings. The molecule has 2 atom stereocenters. The quantitative estimate of drug-likeness (QED) is 0.248. The van der Waals surface area contributed by atoms with Crippen LogP contribution in [0.25, 0.3) is 0 Å². The third kappa shape index (κ3) is 8.56. The first-order valence-electron chi connectivity index (χ1n) is 10.5. The molecule has 0 aliphatic heterocycles. The minimum Gasteiger partial charge on any atom is -0.477 e. The van der Waals surface area contributed by atoms with E-state index in [0.717, 1.165) is 32.1 Å². The van der Waals surface area contributed by atoms with Crippen molar-refractivity contribution in [3.63, 3.8) is 0 Å². The Morgan fingerprint density at radius 3 is 2.48 bits per heavy atom. The van der Waals surface area contributed by atoms with E-state index >= 15 is 0 Å². The molecule has 0 aromatic rings. The summed E-state index contributed by atoms with van der Waals surface area (Å²) >= 11 is 0. The van der Waals surface area contributed by atoms with E-state index < -0.39 is 11.8 Å². The zero-order valence-corrected chi connectivity index (χ0v) is 17.2. The van der Waals surface area contributed by atoms with Crippen molar-refractivity contribution in [3.05, 3.63) is 12.2 Å². The van der Waals surface area contributed by atoms with Crippen molar-refractivity contribution >= 4 is 11.8 Å². The Balaban J connectivity index is 2.35. The molecule has 5 heteroatoms. The molecule has 5 nitrogen and oxygen atoms in total. The van der Waals surface area contributed by atoms with Crippen molar-refractivity contribution in [1.82, 2.24) is 0 Å². The molecule has 0 unspecified atom stereocenters. The maximum absolute atomic E-state index is 12.2. The highest BCUT2D eigenvalue weighted by molar-refractivity contribution is 5.83. The Hall–Kier alpha value is -1.20. The molecular weight excluding hydrogens is 344 g/mol. The average Bonchev–Trinajstić information content (AvgIpc) is 2.91. The molecule has 0 aromatic heterocycles. The van der Waals surface area contributed by atoms with E-state index in [1.165, 1.54) is 12.8 Å². The van der Waals surface area contributed by atoms with E-state index in [1.54, 1.807) is 0 Å². The number of carbonyl (C=O) groups is 2. The maximum atomic E-state index is 12.2. The van der Waals surface area contributed by atoms with Crippen molar-refractivity contribution in [2.75, 3.05) is 0 Å².